The van der Waals surface area contributed by atoms with Crippen LogP contribution in [0.3, 0.4) is 0 Å². The molecule has 1 aliphatic heterocycles. The zero-order valence-electron chi connectivity index (χ0n) is 11.5. The molecule has 1 fully saturated rings. The van der Waals surface area contributed by atoms with Crippen LogP contribution in [0.25, 0.3) is 0 Å². The second-order valence-corrected chi connectivity index (χ2v) is 8.03. The Bertz CT molecular complexity index is 648. The lowest BCUT2D eigenvalue weighted by Gasteiger charge is -2.31. The summed E-state index contributed by atoms with van der Waals surface area (Å²) in [5, 5.41) is 9.10. The average molecular weight is 333 g/mol. The second kappa shape index (κ2) is 6.33. The Labute approximate surface area is 127 Å². The minimum Gasteiger partial charge on any atom is -0.478 e. The fraction of sp³-hybridized carbons (Fsp3) is 0.462. The summed E-state index contributed by atoms with van der Waals surface area (Å²) < 4.78 is 40.2. The van der Waals surface area contributed by atoms with Gasteiger partial charge < -0.3 is 5.11 Å². The summed E-state index contributed by atoms with van der Waals surface area (Å²) in [6, 6.07) is 2.82. The number of hydrogen-bond donors (Lipinski definition) is 1. The number of hydrogen-bond acceptors (Lipinski definition) is 4. The molecule has 1 N–H and O–H groups in total. The molecule has 5 nitrogen and oxygen atoms in total. The van der Waals surface area contributed by atoms with E-state index in [4.69, 9.17) is 5.11 Å². The third-order valence-electron chi connectivity index (χ3n) is 3.35. The van der Waals surface area contributed by atoms with E-state index < -0.39 is 26.7 Å². The van der Waals surface area contributed by atoms with Gasteiger partial charge in [0.25, 0.3) is 0 Å². The van der Waals surface area contributed by atoms with Crippen molar-refractivity contribution in [2.45, 2.75) is 23.5 Å². The van der Waals surface area contributed by atoms with Crippen LogP contribution >= 0.6 is 11.8 Å². The first kappa shape index (κ1) is 16.3. The zero-order valence-corrected chi connectivity index (χ0v) is 13.1. The van der Waals surface area contributed by atoms with Crippen molar-refractivity contribution in [3.05, 3.63) is 29.6 Å². The van der Waals surface area contributed by atoms with E-state index in [1.165, 1.54) is 4.31 Å². The topological polar surface area (TPSA) is 74.7 Å². The highest BCUT2D eigenvalue weighted by molar-refractivity contribution is 8.00. The number of rotatable bonds is 4. The first-order chi connectivity index (χ1) is 9.86. The maximum atomic E-state index is 13.9. The number of carboxylic acids is 1. The number of carboxylic acid groups (broad SMARTS) is 1. The van der Waals surface area contributed by atoms with E-state index in [9.17, 15) is 17.6 Å². The van der Waals surface area contributed by atoms with Gasteiger partial charge >= 0.3 is 5.97 Å². The van der Waals surface area contributed by atoms with Crippen LogP contribution in [-0.4, -0.2) is 47.9 Å². The lowest BCUT2D eigenvalue weighted by atomic mass is 10.2. The van der Waals surface area contributed by atoms with Crippen LogP contribution in [-0.2, 0) is 10.0 Å². The lowest BCUT2D eigenvalue weighted by Crippen LogP contribution is -2.42. The maximum absolute atomic E-state index is 13.9. The SMILES string of the molecule is CCC1CN(S(=O)(=O)c2cc(C(=O)O)ccc2F)CCS1. The summed E-state index contributed by atoms with van der Waals surface area (Å²) in [4.78, 5) is 10.4. The summed E-state index contributed by atoms with van der Waals surface area (Å²) in [6.07, 6.45) is 0.828. The van der Waals surface area contributed by atoms with Crippen LogP contribution < -0.4 is 0 Å². The van der Waals surface area contributed by atoms with Gasteiger partial charge in [-0.1, -0.05) is 6.92 Å². The normalized spacial score (nSPS) is 20.4. The Morgan fingerprint density at radius 1 is 1.52 bits per heavy atom. The molecule has 0 radical (unpaired) electrons. The van der Waals surface area contributed by atoms with E-state index in [2.05, 4.69) is 0 Å². The van der Waals surface area contributed by atoms with E-state index in [-0.39, 0.29) is 10.8 Å². The van der Waals surface area contributed by atoms with Gasteiger partial charge in [0.15, 0.2) is 0 Å². The van der Waals surface area contributed by atoms with Crippen molar-refractivity contribution in [2.24, 2.45) is 0 Å². The molecular formula is C13H16FNO4S2. The van der Waals surface area contributed by atoms with Gasteiger partial charge in [0, 0.05) is 24.1 Å². The fourth-order valence-corrected chi connectivity index (χ4v) is 5.10. The standard InChI is InChI=1S/C13H16FNO4S2/c1-2-10-8-15(5-6-20-10)21(18,19)12-7-9(13(16)17)3-4-11(12)14/h3-4,7,10H,2,5-6,8H2,1H3,(H,16,17). The van der Waals surface area contributed by atoms with Crippen molar-refractivity contribution in [1.82, 2.24) is 4.31 Å². The van der Waals surface area contributed by atoms with E-state index in [1.807, 2.05) is 6.92 Å². The van der Waals surface area contributed by atoms with Crippen LogP contribution in [0.5, 0.6) is 0 Å². The molecule has 1 aliphatic rings. The van der Waals surface area contributed by atoms with Crippen LogP contribution in [0.15, 0.2) is 23.1 Å². The van der Waals surface area contributed by atoms with Crippen LogP contribution in [0.4, 0.5) is 4.39 Å². The summed E-state index contributed by atoms with van der Waals surface area (Å²) in [5.41, 5.74) is -0.242. The first-order valence-corrected chi connectivity index (χ1v) is 8.99. The van der Waals surface area contributed by atoms with E-state index in [0.717, 1.165) is 24.6 Å². The molecule has 21 heavy (non-hydrogen) atoms. The number of sulfonamides is 1. The predicted molar refractivity (Wildman–Crippen MR) is 78.7 cm³/mol. The molecule has 0 amide bonds. The van der Waals surface area contributed by atoms with Gasteiger partial charge in [-0.2, -0.15) is 16.1 Å². The van der Waals surface area contributed by atoms with Gasteiger partial charge in [-0.25, -0.2) is 17.6 Å². The fourth-order valence-electron chi connectivity index (χ4n) is 2.13. The largest absolute Gasteiger partial charge is 0.478 e. The number of halogens is 1. The summed E-state index contributed by atoms with van der Waals surface area (Å²) in [5.74, 6) is -1.56. The average Bonchev–Trinajstić information content (AvgIpc) is 2.47. The van der Waals surface area contributed by atoms with Gasteiger partial charge in [-0.3, -0.25) is 0 Å². The lowest BCUT2D eigenvalue weighted by molar-refractivity contribution is 0.0696. The van der Waals surface area contributed by atoms with Gasteiger partial charge in [0.05, 0.1) is 5.56 Å². The summed E-state index contributed by atoms with van der Waals surface area (Å²) in [6.45, 7) is 2.60. The number of aromatic carboxylic acids is 1. The van der Waals surface area contributed by atoms with Crippen molar-refractivity contribution in [2.75, 3.05) is 18.8 Å². The third kappa shape index (κ3) is 3.38. The number of thioether (sulfide) groups is 1. The molecule has 0 aliphatic carbocycles. The van der Waals surface area contributed by atoms with Crippen molar-refractivity contribution >= 4 is 27.8 Å². The molecule has 116 valence electrons. The van der Waals surface area contributed by atoms with Gasteiger partial charge in [-0.05, 0) is 24.6 Å². The molecule has 0 spiro atoms. The molecule has 0 aromatic heterocycles. The highest BCUT2D eigenvalue weighted by Crippen LogP contribution is 2.27. The van der Waals surface area contributed by atoms with Crippen LogP contribution in [0.2, 0.25) is 0 Å². The minimum absolute atomic E-state index is 0.180. The Hall–Kier alpha value is -1.12. The smallest absolute Gasteiger partial charge is 0.335 e. The minimum atomic E-state index is -4.01. The number of nitrogens with zero attached hydrogens (tertiary/aromatic N) is 1. The molecule has 0 bridgehead atoms. The van der Waals surface area contributed by atoms with Crippen molar-refractivity contribution in [3.63, 3.8) is 0 Å². The van der Waals surface area contributed by atoms with Crippen molar-refractivity contribution in [3.8, 4) is 0 Å². The zero-order chi connectivity index (χ0) is 15.6. The van der Waals surface area contributed by atoms with Crippen molar-refractivity contribution < 1.29 is 22.7 Å². The molecule has 0 saturated carbocycles. The Morgan fingerprint density at radius 3 is 2.86 bits per heavy atom. The number of benzene rings is 1. The molecule has 1 saturated heterocycles. The van der Waals surface area contributed by atoms with Crippen LogP contribution in [0, 0.1) is 5.82 Å². The molecule has 1 heterocycles. The summed E-state index contributed by atoms with van der Waals surface area (Å²) >= 11 is 1.70. The van der Waals surface area contributed by atoms with Gasteiger partial charge in [0.1, 0.15) is 10.7 Å². The highest BCUT2D eigenvalue weighted by atomic mass is 32.2. The molecular weight excluding hydrogens is 317 g/mol. The first-order valence-electron chi connectivity index (χ1n) is 6.51. The monoisotopic (exact) mass is 333 g/mol. The predicted octanol–water partition coefficient (Wildman–Crippen LogP) is 2.04. The maximum Gasteiger partial charge on any atom is 0.335 e. The second-order valence-electron chi connectivity index (χ2n) is 4.71. The molecule has 1 aromatic carbocycles. The quantitative estimate of drug-likeness (QED) is 0.913. The van der Waals surface area contributed by atoms with Gasteiger partial charge in [0.2, 0.25) is 10.0 Å². The molecule has 1 aromatic rings. The highest BCUT2D eigenvalue weighted by Gasteiger charge is 2.32. The van der Waals surface area contributed by atoms with Crippen LogP contribution in [0.1, 0.15) is 23.7 Å². The Balaban J connectivity index is 2.39. The van der Waals surface area contributed by atoms with E-state index in [0.29, 0.717) is 18.8 Å². The Kier molecular flexibility index (Phi) is 4.90. The van der Waals surface area contributed by atoms with E-state index in [1.54, 1.807) is 11.8 Å². The molecule has 8 heteroatoms. The number of carbonyl (C=O) groups is 1. The molecule has 2 rings (SSSR count). The Morgan fingerprint density at radius 2 is 2.24 bits per heavy atom. The van der Waals surface area contributed by atoms with Crippen molar-refractivity contribution in [1.29, 1.82) is 0 Å². The van der Waals surface area contributed by atoms with Gasteiger partial charge in [-0.15, -0.1) is 0 Å². The van der Waals surface area contributed by atoms with E-state index >= 15 is 0 Å². The molecule has 1 atom stereocenters. The summed E-state index contributed by atoms with van der Waals surface area (Å²) in [7, 11) is -4.01. The third-order valence-corrected chi connectivity index (χ3v) is 6.61. The molecule has 1 unspecified atom stereocenters.